The number of ether oxygens (including phenoxy) is 6. The third kappa shape index (κ3) is 15.4. The normalized spacial score (nSPS) is 13.5. The number of aryl methyl sites for hydroxylation is 2. The molecule has 0 aromatic heterocycles. The van der Waals surface area contributed by atoms with Gasteiger partial charge in [0.05, 0.1) is 19.8 Å². The van der Waals surface area contributed by atoms with Gasteiger partial charge in [0.15, 0.2) is 11.5 Å². The van der Waals surface area contributed by atoms with E-state index in [1.54, 1.807) is 18.2 Å². The largest absolute Gasteiger partial charge is 0.494 e. The molecule has 0 radical (unpaired) electrons. The highest BCUT2D eigenvalue weighted by Crippen LogP contribution is 2.33. The molecule has 0 bridgehead atoms. The van der Waals surface area contributed by atoms with Crippen molar-refractivity contribution in [2.75, 3.05) is 26.4 Å². The predicted molar refractivity (Wildman–Crippen MR) is 191 cm³/mol. The molecule has 1 aliphatic rings. The van der Waals surface area contributed by atoms with Gasteiger partial charge >= 0.3 is 11.9 Å². The first-order chi connectivity index (χ1) is 24.0. The number of unbranched alkanes of at least 4 members (excludes halogenated alkanes) is 8. The lowest BCUT2D eigenvalue weighted by Gasteiger charge is -2.13. The first kappa shape index (κ1) is 37.8. The molecule has 0 saturated carbocycles. The molecule has 1 fully saturated rings. The molecule has 1 heterocycles. The van der Waals surface area contributed by atoms with Gasteiger partial charge in [-0.25, -0.2) is 0 Å². The number of hydrogen-bond acceptors (Lipinski definition) is 8. The lowest BCUT2D eigenvalue weighted by Crippen LogP contribution is -2.12. The second-order valence-electron chi connectivity index (χ2n) is 12.6. The van der Waals surface area contributed by atoms with E-state index < -0.39 is 0 Å². The van der Waals surface area contributed by atoms with Gasteiger partial charge in [-0.05, 0) is 73.2 Å². The van der Waals surface area contributed by atoms with Crippen LogP contribution in [0.15, 0.2) is 66.7 Å². The van der Waals surface area contributed by atoms with E-state index in [1.807, 2.05) is 48.5 Å². The summed E-state index contributed by atoms with van der Waals surface area (Å²) in [5, 5.41) is 0. The average molecular weight is 675 g/mol. The fraction of sp³-hybridized carbons (Fsp3) is 0.512. The van der Waals surface area contributed by atoms with E-state index in [2.05, 4.69) is 13.8 Å². The summed E-state index contributed by atoms with van der Waals surface area (Å²) in [6, 6.07) is 20.5. The topological polar surface area (TPSA) is 92.8 Å². The molecule has 8 heteroatoms. The third-order valence-corrected chi connectivity index (χ3v) is 8.31. The highest BCUT2D eigenvalue weighted by atomic mass is 16.6. The molecule has 3 aromatic rings. The highest BCUT2D eigenvalue weighted by molar-refractivity contribution is 5.75. The van der Waals surface area contributed by atoms with Gasteiger partial charge in [0.2, 0.25) is 0 Å². The number of rotatable bonds is 25. The summed E-state index contributed by atoms with van der Waals surface area (Å²) in [7, 11) is 0. The molecule has 0 N–H and O–H groups in total. The summed E-state index contributed by atoms with van der Waals surface area (Å²) in [4.78, 5) is 25.5. The predicted octanol–water partition coefficient (Wildman–Crippen LogP) is 9.24. The van der Waals surface area contributed by atoms with Gasteiger partial charge in [-0.1, -0.05) is 89.5 Å². The Morgan fingerprint density at radius 2 is 1.08 bits per heavy atom. The molecule has 8 nitrogen and oxygen atoms in total. The van der Waals surface area contributed by atoms with E-state index in [1.165, 1.54) is 51.4 Å². The van der Waals surface area contributed by atoms with E-state index in [-0.39, 0.29) is 36.6 Å². The average Bonchev–Trinajstić information content (AvgIpc) is 3.95. The SMILES string of the molecule is CCCCCCCOc1ccc(CCC(=O)Oc2ccc(OC(=O)CCc3ccc(OCCCCCCC)cc3)c(OCC3CO3)c2)cc1. The molecule has 1 atom stereocenters. The molecule has 49 heavy (non-hydrogen) atoms. The summed E-state index contributed by atoms with van der Waals surface area (Å²) in [6.07, 6.45) is 13.5. The van der Waals surface area contributed by atoms with Gasteiger partial charge in [-0.3, -0.25) is 9.59 Å². The summed E-state index contributed by atoms with van der Waals surface area (Å²) in [5.41, 5.74) is 2.05. The number of benzene rings is 3. The van der Waals surface area contributed by atoms with Gasteiger partial charge in [0.1, 0.15) is 30.0 Å². The number of esters is 2. The smallest absolute Gasteiger partial charge is 0.311 e. The van der Waals surface area contributed by atoms with E-state index in [0.717, 1.165) is 42.1 Å². The van der Waals surface area contributed by atoms with Crippen molar-refractivity contribution in [2.24, 2.45) is 0 Å². The second kappa shape index (κ2) is 21.8. The number of epoxide rings is 1. The fourth-order valence-electron chi connectivity index (χ4n) is 5.24. The minimum absolute atomic E-state index is 0.00495. The Balaban J connectivity index is 1.20. The van der Waals surface area contributed by atoms with Crippen LogP contribution in [0.3, 0.4) is 0 Å². The van der Waals surface area contributed by atoms with Gasteiger partial charge in [0.25, 0.3) is 0 Å². The molecule has 1 aliphatic heterocycles. The third-order valence-electron chi connectivity index (χ3n) is 8.31. The lowest BCUT2D eigenvalue weighted by atomic mass is 10.1. The standard InChI is InChI=1S/C41H54O8/c1-3-5-7-9-11-27-44-34-19-13-32(14-20-34)17-25-40(42)48-36-23-24-38(39(29-36)47-31-37-30-46-37)49-41(43)26-18-33-15-21-35(22-16-33)45-28-12-10-8-6-4-2/h13-16,19-24,29,37H,3-12,17-18,25-28,30-31H2,1-2H3. The van der Waals surface area contributed by atoms with Crippen LogP contribution in [-0.2, 0) is 27.2 Å². The Morgan fingerprint density at radius 1 is 0.592 bits per heavy atom. The zero-order chi connectivity index (χ0) is 34.5. The van der Waals surface area contributed by atoms with Crippen LogP contribution in [-0.4, -0.2) is 44.5 Å². The monoisotopic (exact) mass is 674 g/mol. The molecular formula is C41H54O8. The minimum Gasteiger partial charge on any atom is -0.494 e. The molecule has 1 saturated heterocycles. The van der Waals surface area contributed by atoms with E-state index in [9.17, 15) is 9.59 Å². The summed E-state index contributed by atoms with van der Waals surface area (Å²) >= 11 is 0. The van der Waals surface area contributed by atoms with E-state index in [0.29, 0.717) is 44.2 Å². The number of carbonyl (C=O) groups is 2. The van der Waals surface area contributed by atoms with Crippen molar-refractivity contribution in [1.29, 1.82) is 0 Å². The van der Waals surface area contributed by atoms with Crippen LogP contribution in [0.25, 0.3) is 0 Å². The van der Waals surface area contributed by atoms with Crippen molar-refractivity contribution >= 4 is 11.9 Å². The Bertz CT molecular complexity index is 1380. The van der Waals surface area contributed by atoms with Crippen LogP contribution in [0, 0.1) is 0 Å². The van der Waals surface area contributed by atoms with Crippen molar-refractivity contribution in [1.82, 2.24) is 0 Å². The first-order valence-electron chi connectivity index (χ1n) is 18.3. The van der Waals surface area contributed by atoms with E-state index >= 15 is 0 Å². The summed E-state index contributed by atoms with van der Waals surface area (Å²) in [6.45, 7) is 6.80. The maximum Gasteiger partial charge on any atom is 0.311 e. The Morgan fingerprint density at radius 3 is 1.59 bits per heavy atom. The molecule has 1 unspecified atom stereocenters. The quantitative estimate of drug-likeness (QED) is 0.0380. The Hall–Kier alpha value is -4.04. The molecule has 0 spiro atoms. The maximum atomic E-state index is 12.8. The first-order valence-corrected chi connectivity index (χ1v) is 18.3. The highest BCUT2D eigenvalue weighted by Gasteiger charge is 2.24. The van der Waals surface area contributed by atoms with Gasteiger partial charge in [-0.2, -0.15) is 0 Å². The molecule has 0 aliphatic carbocycles. The zero-order valence-corrected chi connectivity index (χ0v) is 29.4. The molecule has 0 amide bonds. The van der Waals surface area contributed by atoms with Crippen molar-refractivity contribution in [2.45, 2.75) is 110 Å². The molecule has 3 aromatic carbocycles. The van der Waals surface area contributed by atoms with Crippen LogP contribution in [0.2, 0.25) is 0 Å². The zero-order valence-electron chi connectivity index (χ0n) is 29.4. The number of carbonyl (C=O) groups excluding carboxylic acids is 2. The Kier molecular flexibility index (Phi) is 16.8. The van der Waals surface area contributed by atoms with Gasteiger partial charge < -0.3 is 28.4 Å². The summed E-state index contributed by atoms with van der Waals surface area (Å²) < 4.78 is 34.1. The van der Waals surface area contributed by atoms with Crippen molar-refractivity contribution < 1.29 is 38.0 Å². The van der Waals surface area contributed by atoms with Crippen LogP contribution in [0.1, 0.15) is 102 Å². The van der Waals surface area contributed by atoms with Crippen LogP contribution in [0.5, 0.6) is 28.7 Å². The maximum absolute atomic E-state index is 12.8. The minimum atomic E-state index is -0.381. The fourth-order valence-corrected chi connectivity index (χ4v) is 5.24. The summed E-state index contributed by atoms with van der Waals surface area (Å²) in [5.74, 6) is 1.86. The van der Waals surface area contributed by atoms with Crippen LogP contribution < -0.4 is 23.7 Å². The van der Waals surface area contributed by atoms with Crippen molar-refractivity contribution in [3.8, 4) is 28.7 Å². The van der Waals surface area contributed by atoms with Gasteiger partial charge in [0, 0.05) is 18.9 Å². The molecule has 266 valence electrons. The second-order valence-corrected chi connectivity index (χ2v) is 12.6. The molecular weight excluding hydrogens is 620 g/mol. The molecule has 4 rings (SSSR count). The number of hydrogen-bond donors (Lipinski definition) is 0. The Labute approximate surface area is 292 Å². The van der Waals surface area contributed by atoms with Crippen molar-refractivity contribution in [3.63, 3.8) is 0 Å². The van der Waals surface area contributed by atoms with Crippen LogP contribution >= 0.6 is 0 Å². The van der Waals surface area contributed by atoms with Crippen LogP contribution in [0.4, 0.5) is 0 Å². The van der Waals surface area contributed by atoms with Gasteiger partial charge in [-0.15, -0.1) is 0 Å². The lowest BCUT2D eigenvalue weighted by molar-refractivity contribution is -0.135. The van der Waals surface area contributed by atoms with E-state index in [4.69, 9.17) is 28.4 Å². The van der Waals surface area contributed by atoms with Crippen molar-refractivity contribution in [3.05, 3.63) is 77.9 Å².